The zero-order valence-electron chi connectivity index (χ0n) is 13.0. The van der Waals surface area contributed by atoms with Crippen molar-refractivity contribution in [2.75, 3.05) is 31.8 Å². The van der Waals surface area contributed by atoms with Crippen molar-refractivity contribution in [3.05, 3.63) is 18.2 Å². The molecule has 21 heavy (non-hydrogen) atoms. The van der Waals surface area contributed by atoms with E-state index in [0.717, 1.165) is 10.7 Å². The molecule has 0 saturated heterocycles. The number of rotatable bonds is 7. The van der Waals surface area contributed by atoms with Crippen LogP contribution in [0.1, 0.15) is 20.3 Å². The Bertz CT molecular complexity index is 571. The lowest BCUT2D eigenvalue weighted by atomic mass is 10.0. The van der Waals surface area contributed by atoms with Crippen LogP contribution >= 0.6 is 0 Å². The molecule has 0 aliphatic rings. The van der Waals surface area contributed by atoms with Gasteiger partial charge >= 0.3 is 0 Å². The van der Waals surface area contributed by atoms with Gasteiger partial charge in [-0.2, -0.15) is 0 Å². The molecule has 1 unspecified atom stereocenters. The standard InChI is InChI=1S/C14H25N3O3S/c1-10(2)7-11(9-18)16-14-6-5-12(8-13(14)15)21(19,20)17(3)4/h5-6,8,10-11,16,18H,7,9,15H2,1-4H3. The molecule has 0 amide bonds. The quantitative estimate of drug-likeness (QED) is 0.660. The Balaban J connectivity index is 2.98. The van der Waals surface area contributed by atoms with E-state index in [1.165, 1.54) is 26.2 Å². The molecule has 0 spiro atoms. The predicted molar refractivity (Wildman–Crippen MR) is 85.7 cm³/mol. The van der Waals surface area contributed by atoms with E-state index < -0.39 is 10.0 Å². The third-order valence-electron chi connectivity index (χ3n) is 3.14. The second-order valence-corrected chi connectivity index (χ2v) is 7.84. The third-order valence-corrected chi connectivity index (χ3v) is 4.95. The van der Waals surface area contributed by atoms with Gasteiger partial charge in [0.1, 0.15) is 0 Å². The molecule has 4 N–H and O–H groups in total. The molecule has 1 aromatic carbocycles. The van der Waals surface area contributed by atoms with Crippen LogP contribution in [0.15, 0.2) is 23.1 Å². The van der Waals surface area contributed by atoms with Crippen LogP contribution in [0, 0.1) is 5.92 Å². The van der Waals surface area contributed by atoms with Crippen molar-refractivity contribution >= 4 is 21.4 Å². The fourth-order valence-corrected chi connectivity index (χ4v) is 2.95. The zero-order chi connectivity index (χ0) is 16.2. The number of benzene rings is 1. The summed E-state index contributed by atoms with van der Waals surface area (Å²) in [5, 5.41) is 12.5. The molecule has 120 valence electrons. The molecule has 1 aromatic rings. The molecule has 7 heteroatoms. The molecule has 0 aliphatic heterocycles. The topological polar surface area (TPSA) is 95.7 Å². The van der Waals surface area contributed by atoms with Crippen molar-refractivity contribution < 1.29 is 13.5 Å². The lowest BCUT2D eigenvalue weighted by molar-refractivity contribution is 0.259. The number of nitrogens with zero attached hydrogens (tertiary/aromatic N) is 1. The summed E-state index contributed by atoms with van der Waals surface area (Å²) in [7, 11) is -0.544. The first-order valence-electron chi connectivity index (χ1n) is 6.88. The minimum atomic E-state index is -3.49. The van der Waals surface area contributed by atoms with E-state index in [4.69, 9.17) is 5.73 Å². The average molecular weight is 315 g/mol. The van der Waals surface area contributed by atoms with Gasteiger partial charge in [0, 0.05) is 20.1 Å². The molecule has 0 aromatic heterocycles. The van der Waals surface area contributed by atoms with Gasteiger partial charge in [0.25, 0.3) is 0 Å². The monoisotopic (exact) mass is 315 g/mol. The molecule has 0 saturated carbocycles. The summed E-state index contributed by atoms with van der Waals surface area (Å²) in [6.45, 7) is 4.14. The smallest absolute Gasteiger partial charge is 0.242 e. The normalized spacial score (nSPS) is 13.7. The van der Waals surface area contributed by atoms with Crippen molar-refractivity contribution in [2.45, 2.75) is 31.2 Å². The van der Waals surface area contributed by atoms with Crippen LogP contribution in [0.4, 0.5) is 11.4 Å². The maximum atomic E-state index is 12.0. The van der Waals surface area contributed by atoms with E-state index >= 15 is 0 Å². The molecule has 0 bridgehead atoms. The zero-order valence-corrected chi connectivity index (χ0v) is 13.8. The summed E-state index contributed by atoms with van der Waals surface area (Å²) in [6.07, 6.45) is 0.799. The van der Waals surface area contributed by atoms with Gasteiger partial charge in [-0.15, -0.1) is 0 Å². The first kappa shape index (κ1) is 17.7. The molecule has 0 heterocycles. The van der Waals surface area contributed by atoms with Crippen LogP contribution in [0.3, 0.4) is 0 Å². The Morgan fingerprint density at radius 3 is 2.38 bits per heavy atom. The maximum Gasteiger partial charge on any atom is 0.242 e. The summed E-state index contributed by atoms with van der Waals surface area (Å²) in [6, 6.07) is 4.47. The van der Waals surface area contributed by atoms with Crippen molar-refractivity contribution in [1.82, 2.24) is 4.31 Å². The van der Waals surface area contributed by atoms with E-state index in [9.17, 15) is 13.5 Å². The van der Waals surface area contributed by atoms with Crippen molar-refractivity contribution in [3.63, 3.8) is 0 Å². The predicted octanol–water partition coefficient (Wildman–Crippen LogP) is 1.34. The third kappa shape index (κ3) is 4.59. The van der Waals surface area contributed by atoms with E-state index in [2.05, 4.69) is 19.2 Å². The highest BCUT2D eigenvalue weighted by molar-refractivity contribution is 7.89. The summed E-state index contributed by atoms with van der Waals surface area (Å²) < 4.78 is 25.2. The fourth-order valence-electron chi connectivity index (χ4n) is 2.01. The number of anilines is 2. The highest BCUT2D eigenvalue weighted by Crippen LogP contribution is 2.25. The first-order chi connectivity index (χ1) is 9.68. The Labute approximate surface area is 127 Å². The number of aliphatic hydroxyl groups is 1. The van der Waals surface area contributed by atoms with E-state index in [1.807, 2.05) is 0 Å². The van der Waals surface area contributed by atoms with E-state index in [0.29, 0.717) is 17.3 Å². The van der Waals surface area contributed by atoms with Gasteiger partial charge in [-0.1, -0.05) is 13.8 Å². The largest absolute Gasteiger partial charge is 0.397 e. The molecular formula is C14H25N3O3S. The van der Waals surface area contributed by atoms with Crippen LogP contribution in [0.25, 0.3) is 0 Å². The fraction of sp³-hybridized carbons (Fsp3) is 0.571. The second kappa shape index (κ2) is 7.11. The number of sulfonamides is 1. The molecule has 0 aliphatic carbocycles. The van der Waals surface area contributed by atoms with Crippen molar-refractivity contribution in [1.29, 1.82) is 0 Å². The molecular weight excluding hydrogens is 290 g/mol. The van der Waals surface area contributed by atoms with Gasteiger partial charge in [-0.3, -0.25) is 0 Å². The maximum absolute atomic E-state index is 12.0. The van der Waals surface area contributed by atoms with Gasteiger partial charge in [-0.25, -0.2) is 12.7 Å². The molecule has 6 nitrogen and oxygen atoms in total. The van der Waals surface area contributed by atoms with E-state index in [-0.39, 0.29) is 17.5 Å². The number of hydrogen-bond acceptors (Lipinski definition) is 5. The van der Waals surface area contributed by atoms with Crippen molar-refractivity contribution in [3.8, 4) is 0 Å². The first-order valence-corrected chi connectivity index (χ1v) is 8.32. The van der Waals surface area contributed by atoms with Crippen LogP contribution in [-0.2, 0) is 10.0 Å². The molecule has 0 fully saturated rings. The summed E-state index contributed by atoms with van der Waals surface area (Å²) in [5.74, 6) is 0.435. The van der Waals surface area contributed by atoms with E-state index in [1.54, 1.807) is 6.07 Å². The number of nitrogens with two attached hydrogens (primary N) is 1. The van der Waals surface area contributed by atoms with Crippen LogP contribution in [-0.4, -0.2) is 44.6 Å². The highest BCUT2D eigenvalue weighted by Gasteiger charge is 2.19. The lowest BCUT2D eigenvalue weighted by Gasteiger charge is -2.21. The van der Waals surface area contributed by atoms with Gasteiger partial charge in [0.15, 0.2) is 0 Å². The highest BCUT2D eigenvalue weighted by atomic mass is 32.2. The van der Waals surface area contributed by atoms with Crippen LogP contribution < -0.4 is 11.1 Å². The minimum absolute atomic E-state index is 0.00460. The van der Waals surface area contributed by atoms with Crippen LogP contribution in [0.5, 0.6) is 0 Å². The summed E-state index contributed by atoms with van der Waals surface area (Å²) in [4.78, 5) is 0.153. The lowest BCUT2D eigenvalue weighted by Crippen LogP contribution is -2.26. The average Bonchev–Trinajstić information content (AvgIpc) is 2.39. The Morgan fingerprint density at radius 2 is 1.95 bits per heavy atom. The summed E-state index contributed by atoms with van der Waals surface area (Å²) in [5.41, 5.74) is 6.90. The Hall–Kier alpha value is -1.31. The second-order valence-electron chi connectivity index (χ2n) is 5.69. The minimum Gasteiger partial charge on any atom is -0.397 e. The Kier molecular flexibility index (Phi) is 6.00. The number of aliphatic hydroxyl groups excluding tert-OH is 1. The molecule has 1 atom stereocenters. The molecule has 0 radical (unpaired) electrons. The number of nitrogen functional groups attached to an aromatic ring is 1. The van der Waals surface area contributed by atoms with Gasteiger partial charge in [0.2, 0.25) is 10.0 Å². The van der Waals surface area contributed by atoms with Crippen LogP contribution in [0.2, 0.25) is 0 Å². The molecule has 1 rings (SSSR count). The number of hydrogen-bond donors (Lipinski definition) is 3. The van der Waals surface area contributed by atoms with Gasteiger partial charge in [0.05, 0.1) is 22.9 Å². The Morgan fingerprint density at radius 1 is 1.33 bits per heavy atom. The summed E-state index contributed by atoms with van der Waals surface area (Å²) >= 11 is 0. The SMILES string of the molecule is CC(C)CC(CO)Nc1ccc(S(=O)(=O)N(C)C)cc1N. The van der Waals surface area contributed by atoms with Gasteiger partial charge < -0.3 is 16.2 Å². The number of nitrogens with one attached hydrogen (secondary N) is 1. The van der Waals surface area contributed by atoms with Gasteiger partial charge in [-0.05, 0) is 30.5 Å². The van der Waals surface area contributed by atoms with Crippen molar-refractivity contribution in [2.24, 2.45) is 5.92 Å².